The van der Waals surface area contributed by atoms with Gasteiger partial charge in [0, 0.05) is 34.9 Å². The van der Waals surface area contributed by atoms with Crippen molar-refractivity contribution in [3.05, 3.63) is 28.5 Å². The van der Waals surface area contributed by atoms with Crippen LogP contribution in [0.2, 0.25) is 0 Å². The monoisotopic (exact) mass is 447 g/mol. The highest BCUT2D eigenvalue weighted by Crippen LogP contribution is 2.31. The molecule has 1 aromatic carbocycles. The fourth-order valence-corrected chi connectivity index (χ4v) is 4.19. The molecule has 28 heavy (non-hydrogen) atoms. The molecule has 0 aliphatic heterocycles. The van der Waals surface area contributed by atoms with Gasteiger partial charge in [-0.05, 0) is 52.3 Å². The average Bonchev–Trinajstić information content (AvgIpc) is 2.99. The van der Waals surface area contributed by atoms with Crippen LogP contribution in [0.4, 0.5) is 10.6 Å². The number of amides is 1. The Hall–Kier alpha value is -2.35. The number of nitrogens with zero attached hydrogens (tertiary/aromatic N) is 4. The van der Waals surface area contributed by atoms with Crippen LogP contribution in [0.15, 0.2) is 22.7 Å². The van der Waals surface area contributed by atoms with Gasteiger partial charge in [0.05, 0.1) is 11.0 Å². The van der Waals surface area contributed by atoms with Gasteiger partial charge in [0.1, 0.15) is 11.3 Å². The molecule has 0 bridgehead atoms. The molecule has 1 amide bonds. The average molecular weight is 448 g/mol. The molecule has 7 nitrogen and oxygen atoms in total. The molecule has 0 aliphatic carbocycles. The third-order valence-corrected chi connectivity index (χ3v) is 5.79. The first-order valence-corrected chi connectivity index (χ1v) is 10.2. The van der Waals surface area contributed by atoms with Gasteiger partial charge in [-0.3, -0.25) is 0 Å². The van der Waals surface area contributed by atoms with Crippen molar-refractivity contribution in [1.29, 1.82) is 0 Å². The summed E-state index contributed by atoms with van der Waals surface area (Å²) in [7, 11) is 0. The number of nitrogens with two attached hydrogens (primary N) is 1. The first-order valence-electron chi connectivity index (χ1n) is 9.44. The largest absolute Gasteiger partial charge is 0.465 e. The fraction of sp³-hybridized carbons (Fsp3) is 0.450. The van der Waals surface area contributed by atoms with Gasteiger partial charge in [-0.15, -0.1) is 0 Å². The van der Waals surface area contributed by atoms with Crippen molar-refractivity contribution in [2.24, 2.45) is 0 Å². The fourth-order valence-electron chi connectivity index (χ4n) is 3.84. The van der Waals surface area contributed by atoms with E-state index in [1.807, 2.05) is 39.0 Å². The molecule has 0 saturated heterocycles. The van der Waals surface area contributed by atoms with Gasteiger partial charge in [0.15, 0.2) is 5.82 Å². The van der Waals surface area contributed by atoms with Crippen molar-refractivity contribution in [3.8, 4) is 0 Å². The van der Waals surface area contributed by atoms with E-state index < -0.39 is 11.6 Å². The van der Waals surface area contributed by atoms with Crippen LogP contribution in [0.5, 0.6) is 0 Å². The lowest BCUT2D eigenvalue weighted by atomic mass is 9.96. The second-order valence-electron chi connectivity index (χ2n) is 7.47. The Bertz CT molecular complexity index is 1040. The Kier molecular flexibility index (Phi) is 5.52. The summed E-state index contributed by atoms with van der Waals surface area (Å²) in [5.41, 5.74) is 8.23. The van der Waals surface area contributed by atoms with Crippen LogP contribution in [-0.2, 0) is 13.0 Å². The standard InChI is InChI=1S/C20H26BrN5O2/c1-5-25-15(9-10-20(3,4)26(6-2)19(27)28)24-16-17(25)13-8-7-12(21)11-14(13)23-18(16)22/h7-8,11H,5-6,9-10H2,1-4H3,(H2,22,23)(H,27,28). The molecule has 3 aromatic rings. The van der Waals surface area contributed by atoms with Gasteiger partial charge in [0.2, 0.25) is 0 Å². The molecule has 0 fully saturated rings. The van der Waals surface area contributed by atoms with Crippen LogP contribution in [0, 0.1) is 0 Å². The maximum absolute atomic E-state index is 11.5. The molecular weight excluding hydrogens is 422 g/mol. The van der Waals surface area contributed by atoms with Gasteiger partial charge in [-0.2, -0.15) is 0 Å². The number of hydrogen-bond acceptors (Lipinski definition) is 4. The van der Waals surface area contributed by atoms with E-state index >= 15 is 0 Å². The number of rotatable bonds is 6. The summed E-state index contributed by atoms with van der Waals surface area (Å²) in [6, 6.07) is 5.97. The molecule has 3 rings (SSSR count). The molecule has 3 N–H and O–H groups in total. The predicted molar refractivity (Wildman–Crippen MR) is 116 cm³/mol. The van der Waals surface area contributed by atoms with Crippen LogP contribution in [0.3, 0.4) is 0 Å². The van der Waals surface area contributed by atoms with Crippen LogP contribution in [0.25, 0.3) is 21.9 Å². The molecule has 0 saturated carbocycles. The van der Waals surface area contributed by atoms with Crippen LogP contribution < -0.4 is 5.73 Å². The molecule has 2 aromatic heterocycles. The van der Waals surface area contributed by atoms with Gasteiger partial charge < -0.3 is 20.3 Å². The summed E-state index contributed by atoms with van der Waals surface area (Å²) in [6.07, 6.45) is 0.408. The number of fused-ring (bicyclic) bond motifs is 3. The Morgan fingerprint density at radius 3 is 2.64 bits per heavy atom. The number of carboxylic acid groups (broad SMARTS) is 1. The topological polar surface area (TPSA) is 97.3 Å². The van der Waals surface area contributed by atoms with E-state index in [-0.39, 0.29) is 0 Å². The lowest BCUT2D eigenvalue weighted by Gasteiger charge is -2.35. The van der Waals surface area contributed by atoms with Crippen molar-refractivity contribution in [1.82, 2.24) is 19.4 Å². The van der Waals surface area contributed by atoms with Crippen molar-refractivity contribution < 1.29 is 9.90 Å². The van der Waals surface area contributed by atoms with Crippen molar-refractivity contribution >= 4 is 49.8 Å². The summed E-state index contributed by atoms with van der Waals surface area (Å²) in [4.78, 5) is 22.3. The quantitative estimate of drug-likeness (QED) is 0.572. The van der Waals surface area contributed by atoms with E-state index in [0.717, 1.165) is 33.3 Å². The summed E-state index contributed by atoms with van der Waals surface area (Å²) in [5, 5.41) is 10.5. The second-order valence-corrected chi connectivity index (χ2v) is 8.38. The van der Waals surface area contributed by atoms with Crippen molar-refractivity contribution in [2.45, 2.75) is 52.6 Å². The van der Waals surface area contributed by atoms with E-state index in [9.17, 15) is 9.90 Å². The van der Waals surface area contributed by atoms with Crippen LogP contribution in [0.1, 0.15) is 39.9 Å². The third kappa shape index (κ3) is 3.53. The first-order chi connectivity index (χ1) is 13.2. The molecule has 0 unspecified atom stereocenters. The van der Waals surface area contributed by atoms with Crippen molar-refractivity contribution in [3.63, 3.8) is 0 Å². The number of pyridine rings is 1. The second kappa shape index (κ2) is 7.58. The zero-order chi connectivity index (χ0) is 20.6. The Morgan fingerprint density at radius 2 is 2.04 bits per heavy atom. The molecule has 0 atom stereocenters. The third-order valence-electron chi connectivity index (χ3n) is 5.30. The first kappa shape index (κ1) is 20.4. The molecule has 2 heterocycles. The molecule has 8 heteroatoms. The van der Waals surface area contributed by atoms with Gasteiger partial charge >= 0.3 is 6.09 Å². The number of anilines is 1. The highest BCUT2D eigenvalue weighted by Gasteiger charge is 2.30. The number of hydrogen-bond donors (Lipinski definition) is 2. The number of aromatic nitrogens is 3. The highest BCUT2D eigenvalue weighted by atomic mass is 79.9. The Labute approximate surface area is 172 Å². The normalized spacial score (nSPS) is 12.0. The van der Waals surface area contributed by atoms with Gasteiger partial charge in [0.25, 0.3) is 0 Å². The predicted octanol–water partition coefficient (Wildman–Crippen LogP) is 4.66. The summed E-state index contributed by atoms with van der Waals surface area (Å²) in [6.45, 7) is 9.03. The number of carbonyl (C=O) groups is 1. The minimum Gasteiger partial charge on any atom is -0.465 e. The maximum atomic E-state index is 11.5. The molecule has 150 valence electrons. The summed E-state index contributed by atoms with van der Waals surface area (Å²) >= 11 is 3.48. The maximum Gasteiger partial charge on any atom is 0.407 e. The summed E-state index contributed by atoms with van der Waals surface area (Å²) < 4.78 is 3.11. The summed E-state index contributed by atoms with van der Waals surface area (Å²) in [5.74, 6) is 1.31. The van der Waals surface area contributed by atoms with E-state index in [4.69, 9.17) is 10.7 Å². The molecule has 0 radical (unpaired) electrons. The lowest BCUT2D eigenvalue weighted by molar-refractivity contribution is 0.0913. The number of imidazole rings is 1. The van der Waals surface area contributed by atoms with Crippen molar-refractivity contribution in [2.75, 3.05) is 12.3 Å². The Morgan fingerprint density at radius 1 is 1.32 bits per heavy atom. The van der Waals surface area contributed by atoms with E-state index in [2.05, 4.69) is 32.4 Å². The molecular formula is C20H26BrN5O2. The zero-order valence-corrected chi connectivity index (χ0v) is 18.2. The number of halogens is 1. The number of aryl methyl sites for hydroxylation is 2. The minimum absolute atomic E-state index is 0.411. The molecule has 0 spiro atoms. The zero-order valence-electron chi connectivity index (χ0n) is 16.7. The van der Waals surface area contributed by atoms with E-state index in [1.54, 1.807) is 0 Å². The number of benzene rings is 1. The van der Waals surface area contributed by atoms with Crippen LogP contribution in [-0.4, -0.2) is 42.7 Å². The SMILES string of the molecule is CCN(C(=O)O)C(C)(C)CCc1nc2c(N)nc3cc(Br)ccc3c2n1CC. The Balaban J connectivity index is 2.06. The van der Waals surface area contributed by atoms with E-state index in [0.29, 0.717) is 30.7 Å². The smallest absolute Gasteiger partial charge is 0.407 e. The highest BCUT2D eigenvalue weighted by molar-refractivity contribution is 9.10. The van der Waals surface area contributed by atoms with Gasteiger partial charge in [-0.1, -0.05) is 15.9 Å². The minimum atomic E-state index is -0.901. The van der Waals surface area contributed by atoms with E-state index in [1.165, 1.54) is 4.90 Å². The van der Waals surface area contributed by atoms with Crippen LogP contribution >= 0.6 is 15.9 Å². The van der Waals surface area contributed by atoms with Gasteiger partial charge in [-0.25, -0.2) is 14.8 Å². The lowest BCUT2D eigenvalue weighted by Crippen LogP contribution is -2.47. The number of nitrogen functional groups attached to an aromatic ring is 1. The molecule has 0 aliphatic rings.